The molecule has 0 aliphatic rings. The average Bonchev–Trinajstić information content (AvgIpc) is 2.91. The molecule has 10 heteroatoms. The molecule has 10 nitrogen and oxygen atoms in total. The van der Waals surface area contributed by atoms with E-state index in [0.717, 1.165) is 12.0 Å². The van der Waals surface area contributed by atoms with Gasteiger partial charge < -0.3 is 25.1 Å². The summed E-state index contributed by atoms with van der Waals surface area (Å²) >= 11 is 0. The van der Waals surface area contributed by atoms with Crippen molar-refractivity contribution in [3.8, 4) is 11.5 Å². The van der Waals surface area contributed by atoms with Crippen LogP contribution in [-0.2, 0) is 20.7 Å². The molecule has 4 atom stereocenters. The van der Waals surface area contributed by atoms with Gasteiger partial charge >= 0.3 is 0 Å². The summed E-state index contributed by atoms with van der Waals surface area (Å²) < 4.78 is 16.5. The summed E-state index contributed by atoms with van der Waals surface area (Å²) in [6.45, 7) is 12.7. The van der Waals surface area contributed by atoms with Gasteiger partial charge in [-0.05, 0) is 66.7 Å². The summed E-state index contributed by atoms with van der Waals surface area (Å²) in [6, 6.07) is 5.17. The van der Waals surface area contributed by atoms with E-state index in [1.54, 1.807) is 28.1 Å². The average molecular weight is 577 g/mol. The van der Waals surface area contributed by atoms with Crippen LogP contribution in [-0.4, -0.2) is 56.4 Å². The summed E-state index contributed by atoms with van der Waals surface area (Å²) in [5.74, 6) is 0.724. The van der Waals surface area contributed by atoms with Crippen molar-refractivity contribution in [3.05, 3.63) is 34.2 Å². The number of ether oxygens (including phenoxy) is 3. The Bertz CT molecular complexity index is 1010. The number of carbonyl (C=O) groups is 2. The van der Waals surface area contributed by atoms with E-state index in [1.807, 2.05) is 32.0 Å². The van der Waals surface area contributed by atoms with Gasteiger partial charge in [-0.15, -0.1) is 0 Å². The summed E-state index contributed by atoms with van der Waals surface area (Å²) in [7, 11) is 3.26. The molecule has 3 N–H and O–H groups in total. The fraction of sp³-hybridized carbons (Fsp3) is 0.742. The number of rotatable bonds is 21. The molecule has 0 bridgehead atoms. The lowest BCUT2D eigenvalue weighted by atomic mass is 9.78. The molecule has 0 radical (unpaired) electrons. The molecule has 1 aromatic rings. The number of aliphatic hydroxyl groups is 1. The first-order valence-corrected chi connectivity index (χ1v) is 14.6. The number of hydrogen-bond donors (Lipinski definition) is 2. The minimum Gasteiger partial charge on any atom is -0.493 e. The predicted molar refractivity (Wildman–Crippen MR) is 161 cm³/mol. The van der Waals surface area contributed by atoms with Gasteiger partial charge in [0.1, 0.15) is 5.78 Å². The number of amides is 1. The van der Waals surface area contributed by atoms with Crippen LogP contribution < -0.4 is 15.2 Å². The molecule has 0 fully saturated rings. The maximum absolute atomic E-state index is 13.1. The number of hydrogen-bond acceptors (Lipinski definition) is 7. The summed E-state index contributed by atoms with van der Waals surface area (Å²) in [5.41, 5.74) is 15.1. The van der Waals surface area contributed by atoms with Crippen LogP contribution in [0.5, 0.6) is 11.5 Å². The van der Waals surface area contributed by atoms with Crippen molar-refractivity contribution in [2.75, 3.05) is 27.4 Å². The predicted octanol–water partition coefficient (Wildman–Crippen LogP) is 5.88. The molecule has 1 amide bonds. The Morgan fingerprint density at radius 1 is 1.07 bits per heavy atom. The topological polar surface area (TPSA) is 157 Å². The van der Waals surface area contributed by atoms with E-state index >= 15 is 0 Å². The van der Waals surface area contributed by atoms with E-state index in [9.17, 15) is 20.2 Å². The molecule has 0 aliphatic carbocycles. The van der Waals surface area contributed by atoms with Gasteiger partial charge in [-0.25, -0.2) is 0 Å². The van der Waals surface area contributed by atoms with Gasteiger partial charge in [0.2, 0.25) is 5.91 Å². The van der Waals surface area contributed by atoms with Crippen LogP contribution in [0.3, 0.4) is 0 Å². The number of Topliss-reactive ketones (excluding diaryl/α,β-unsaturated/α-hetero) is 1. The van der Waals surface area contributed by atoms with Crippen molar-refractivity contribution < 1.29 is 28.9 Å². The van der Waals surface area contributed by atoms with Crippen molar-refractivity contribution in [2.45, 2.75) is 92.2 Å². The van der Waals surface area contributed by atoms with Crippen LogP contribution >= 0.6 is 0 Å². The molecule has 0 saturated carbocycles. The van der Waals surface area contributed by atoms with Crippen molar-refractivity contribution in [1.82, 2.24) is 0 Å². The normalized spacial score (nSPS) is 14.7. The van der Waals surface area contributed by atoms with Crippen molar-refractivity contribution in [2.24, 2.45) is 39.9 Å². The SMILES string of the molecule is COCCCOc1cc(C[C@@H](C[C@H](N=[N+]=[N-])[C@@H](O)CC(C(=O)CCC(C)(C)C(N)=O)C(C)C)C(C)C)ccc1OC. The highest BCUT2D eigenvalue weighted by Gasteiger charge is 2.33. The van der Waals surface area contributed by atoms with Crippen molar-refractivity contribution >= 4 is 11.7 Å². The first-order chi connectivity index (χ1) is 19.3. The van der Waals surface area contributed by atoms with Crippen LogP contribution in [0, 0.1) is 29.1 Å². The Hall–Kier alpha value is -2.81. The van der Waals surface area contributed by atoms with E-state index in [4.69, 9.17) is 19.9 Å². The van der Waals surface area contributed by atoms with Crippen LogP contribution in [0.15, 0.2) is 23.3 Å². The number of nitrogens with zero attached hydrogens (tertiary/aromatic N) is 3. The van der Waals surface area contributed by atoms with Crippen LogP contribution in [0.1, 0.15) is 79.2 Å². The number of azide groups is 1. The van der Waals surface area contributed by atoms with Crippen molar-refractivity contribution in [3.63, 3.8) is 0 Å². The Kier molecular flexibility index (Phi) is 15.8. The largest absolute Gasteiger partial charge is 0.493 e. The molecule has 0 spiro atoms. The zero-order valence-corrected chi connectivity index (χ0v) is 26.3. The third kappa shape index (κ3) is 12.3. The van der Waals surface area contributed by atoms with E-state index in [-0.39, 0.29) is 36.4 Å². The summed E-state index contributed by atoms with van der Waals surface area (Å²) in [6.07, 6.45) is 1.65. The Labute approximate surface area is 245 Å². The highest BCUT2D eigenvalue weighted by molar-refractivity contribution is 5.84. The number of nitrogens with two attached hydrogens (primary N) is 1. The van der Waals surface area contributed by atoms with Gasteiger partial charge in [-0.3, -0.25) is 9.59 Å². The highest BCUT2D eigenvalue weighted by atomic mass is 16.5. The quantitative estimate of drug-likeness (QED) is 0.0805. The van der Waals surface area contributed by atoms with Crippen LogP contribution in [0.4, 0.5) is 0 Å². The molecule has 0 heterocycles. The molecule has 0 aromatic heterocycles. The number of aliphatic hydroxyl groups excluding tert-OH is 1. The molecule has 1 unspecified atom stereocenters. The smallest absolute Gasteiger partial charge is 0.223 e. The Morgan fingerprint density at radius 2 is 1.76 bits per heavy atom. The number of carbonyl (C=O) groups excluding carboxylic acids is 2. The van der Waals surface area contributed by atoms with E-state index < -0.39 is 29.4 Å². The lowest BCUT2D eigenvalue weighted by molar-refractivity contribution is -0.128. The maximum atomic E-state index is 13.1. The first-order valence-electron chi connectivity index (χ1n) is 14.6. The number of methoxy groups -OCH3 is 2. The molecule has 0 saturated heterocycles. The second-order valence-corrected chi connectivity index (χ2v) is 12.3. The molecular formula is C31H52N4O6. The minimum atomic E-state index is -0.983. The van der Waals surface area contributed by atoms with Crippen molar-refractivity contribution in [1.29, 1.82) is 0 Å². The number of primary amides is 1. The first kappa shape index (κ1) is 36.2. The van der Waals surface area contributed by atoms with E-state index in [2.05, 4.69) is 23.9 Å². The standard InChI is InChI=1S/C31H52N4O6/c1-20(2)23(16-22-10-11-28(40-8)29(17-22)41-15-9-14-39-7)18-25(34-35-33)27(37)19-24(21(3)4)26(36)12-13-31(5,6)30(32)38/h10-11,17,20-21,23-25,27,37H,9,12-16,18-19H2,1-8H3,(H2,32,38)/t23-,24?,25-,27-/m0/s1. The third-order valence-corrected chi connectivity index (χ3v) is 7.98. The highest BCUT2D eigenvalue weighted by Crippen LogP contribution is 2.33. The lowest BCUT2D eigenvalue weighted by Crippen LogP contribution is -2.35. The number of ketones is 1. The lowest BCUT2D eigenvalue weighted by Gasteiger charge is -2.30. The number of benzene rings is 1. The van der Waals surface area contributed by atoms with Gasteiger partial charge in [0.25, 0.3) is 0 Å². The van der Waals surface area contributed by atoms with Gasteiger partial charge in [-0.2, -0.15) is 0 Å². The zero-order valence-electron chi connectivity index (χ0n) is 26.3. The molecule has 1 rings (SSSR count). The molecule has 41 heavy (non-hydrogen) atoms. The van der Waals surface area contributed by atoms with Gasteiger partial charge in [0.05, 0.1) is 25.9 Å². The Morgan fingerprint density at radius 3 is 2.29 bits per heavy atom. The summed E-state index contributed by atoms with van der Waals surface area (Å²) in [4.78, 5) is 27.9. The zero-order chi connectivity index (χ0) is 31.2. The Balaban J connectivity index is 3.04. The van der Waals surface area contributed by atoms with Gasteiger partial charge in [-0.1, -0.05) is 52.7 Å². The summed E-state index contributed by atoms with van der Waals surface area (Å²) in [5, 5.41) is 15.2. The fourth-order valence-corrected chi connectivity index (χ4v) is 4.83. The molecule has 232 valence electrons. The minimum absolute atomic E-state index is 0.0234. The monoisotopic (exact) mass is 576 g/mol. The second kappa shape index (κ2) is 17.9. The second-order valence-electron chi connectivity index (χ2n) is 12.3. The van der Waals surface area contributed by atoms with Gasteiger partial charge in [0.15, 0.2) is 11.5 Å². The van der Waals surface area contributed by atoms with Crippen LogP contribution in [0.2, 0.25) is 0 Å². The third-order valence-electron chi connectivity index (χ3n) is 7.98. The fourth-order valence-electron chi connectivity index (χ4n) is 4.83. The molecule has 1 aromatic carbocycles. The molecule has 0 aliphatic heterocycles. The van der Waals surface area contributed by atoms with E-state index in [0.29, 0.717) is 44.0 Å². The maximum Gasteiger partial charge on any atom is 0.223 e. The van der Waals surface area contributed by atoms with E-state index in [1.165, 1.54) is 0 Å². The molecular weight excluding hydrogens is 524 g/mol. The van der Waals surface area contributed by atoms with Gasteiger partial charge in [0, 0.05) is 42.8 Å². The van der Waals surface area contributed by atoms with Crippen LogP contribution in [0.25, 0.3) is 10.4 Å².